The van der Waals surface area contributed by atoms with E-state index in [4.69, 9.17) is 9.47 Å². The third-order valence-corrected chi connectivity index (χ3v) is 4.91. The van der Waals surface area contributed by atoms with Crippen LogP contribution in [-0.2, 0) is 12.0 Å². The Balaban J connectivity index is 1.54. The van der Waals surface area contributed by atoms with Gasteiger partial charge in [-0.05, 0) is 42.5 Å². The van der Waals surface area contributed by atoms with Crippen LogP contribution in [0.15, 0.2) is 42.5 Å². The number of nitrogens with one attached hydrogen (secondary N) is 1. The fraction of sp³-hybridized carbons (Fsp3) is 0.350. The molecule has 0 radical (unpaired) electrons. The van der Waals surface area contributed by atoms with Crippen molar-refractivity contribution in [1.29, 1.82) is 0 Å². The molecule has 0 saturated carbocycles. The summed E-state index contributed by atoms with van der Waals surface area (Å²) >= 11 is 0. The molecule has 0 bridgehead atoms. The van der Waals surface area contributed by atoms with Gasteiger partial charge in [0.1, 0.15) is 18.8 Å². The second-order valence-electron chi connectivity index (χ2n) is 6.55. The van der Waals surface area contributed by atoms with E-state index in [2.05, 4.69) is 5.32 Å². The molecule has 25 heavy (non-hydrogen) atoms. The SMILES string of the molecule is O=C(NCC1(O)CCCc2ccccc21)c1cccc2c1OCCO2. The summed E-state index contributed by atoms with van der Waals surface area (Å²) in [6.45, 7) is 1.08. The van der Waals surface area contributed by atoms with E-state index in [9.17, 15) is 9.90 Å². The number of aryl methyl sites for hydroxylation is 1. The Morgan fingerprint density at radius 3 is 2.88 bits per heavy atom. The first-order valence-corrected chi connectivity index (χ1v) is 8.65. The Morgan fingerprint density at radius 1 is 1.12 bits per heavy atom. The molecular weight excluding hydrogens is 318 g/mol. The van der Waals surface area contributed by atoms with Crippen molar-refractivity contribution in [3.63, 3.8) is 0 Å². The van der Waals surface area contributed by atoms with Crippen molar-refractivity contribution in [3.05, 3.63) is 59.2 Å². The van der Waals surface area contributed by atoms with Crippen molar-refractivity contribution in [2.24, 2.45) is 0 Å². The number of carbonyl (C=O) groups excluding carboxylic acids is 1. The van der Waals surface area contributed by atoms with Gasteiger partial charge in [-0.15, -0.1) is 0 Å². The number of ether oxygens (including phenoxy) is 2. The summed E-state index contributed by atoms with van der Waals surface area (Å²) in [7, 11) is 0. The molecule has 1 heterocycles. The fourth-order valence-electron chi connectivity index (χ4n) is 3.66. The summed E-state index contributed by atoms with van der Waals surface area (Å²) in [6, 6.07) is 13.2. The summed E-state index contributed by atoms with van der Waals surface area (Å²) in [4.78, 5) is 12.7. The van der Waals surface area contributed by atoms with Gasteiger partial charge in [-0.2, -0.15) is 0 Å². The highest BCUT2D eigenvalue weighted by atomic mass is 16.6. The Kier molecular flexibility index (Phi) is 4.09. The van der Waals surface area contributed by atoms with Gasteiger partial charge in [0.15, 0.2) is 11.5 Å². The Labute approximate surface area is 146 Å². The zero-order chi connectivity index (χ0) is 17.3. The van der Waals surface area contributed by atoms with Crippen molar-refractivity contribution >= 4 is 5.91 Å². The zero-order valence-electron chi connectivity index (χ0n) is 14.0. The molecule has 1 aliphatic carbocycles. The van der Waals surface area contributed by atoms with E-state index in [1.54, 1.807) is 18.2 Å². The summed E-state index contributed by atoms with van der Waals surface area (Å²) in [6.07, 6.45) is 2.50. The van der Waals surface area contributed by atoms with Crippen molar-refractivity contribution in [2.45, 2.75) is 24.9 Å². The van der Waals surface area contributed by atoms with Crippen LogP contribution in [0.1, 0.15) is 34.3 Å². The van der Waals surface area contributed by atoms with Crippen LogP contribution in [0, 0.1) is 0 Å². The molecule has 2 N–H and O–H groups in total. The van der Waals surface area contributed by atoms with Gasteiger partial charge in [0.2, 0.25) is 0 Å². The Bertz CT molecular complexity index is 804. The standard InChI is InChI=1S/C20H21NO4/c22-19(15-7-3-9-17-18(15)25-12-11-24-17)21-13-20(23)10-4-6-14-5-1-2-8-16(14)20/h1-3,5,7-9,23H,4,6,10-13H2,(H,21,22). The summed E-state index contributed by atoms with van der Waals surface area (Å²) in [5.74, 6) is 0.793. The summed E-state index contributed by atoms with van der Waals surface area (Å²) in [5.41, 5.74) is 1.47. The van der Waals surface area contributed by atoms with Gasteiger partial charge >= 0.3 is 0 Å². The minimum Gasteiger partial charge on any atom is -0.486 e. The van der Waals surface area contributed by atoms with Crippen LogP contribution >= 0.6 is 0 Å². The second-order valence-corrected chi connectivity index (χ2v) is 6.55. The molecule has 1 aliphatic heterocycles. The Hall–Kier alpha value is -2.53. The topological polar surface area (TPSA) is 67.8 Å². The highest BCUT2D eigenvalue weighted by molar-refractivity contribution is 5.97. The van der Waals surface area contributed by atoms with Crippen LogP contribution < -0.4 is 14.8 Å². The van der Waals surface area contributed by atoms with Crippen LogP contribution in [0.5, 0.6) is 11.5 Å². The van der Waals surface area contributed by atoms with Gasteiger partial charge in [-0.25, -0.2) is 0 Å². The lowest BCUT2D eigenvalue weighted by molar-refractivity contribution is 0.0189. The van der Waals surface area contributed by atoms with Crippen LogP contribution in [0.4, 0.5) is 0 Å². The van der Waals surface area contributed by atoms with Gasteiger partial charge in [0, 0.05) is 0 Å². The predicted molar refractivity (Wildman–Crippen MR) is 93.0 cm³/mol. The summed E-state index contributed by atoms with van der Waals surface area (Å²) in [5, 5.41) is 14.0. The van der Waals surface area contributed by atoms with Crippen LogP contribution in [0.2, 0.25) is 0 Å². The van der Waals surface area contributed by atoms with E-state index in [0.29, 0.717) is 36.7 Å². The number of para-hydroxylation sites is 1. The average molecular weight is 339 g/mol. The highest BCUT2D eigenvalue weighted by Crippen LogP contribution is 2.36. The van der Waals surface area contributed by atoms with Crippen molar-refractivity contribution in [1.82, 2.24) is 5.32 Å². The molecule has 0 saturated heterocycles. The summed E-state index contributed by atoms with van der Waals surface area (Å²) < 4.78 is 11.1. The molecule has 1 amide bonds. The van der Waals surface area contributed by atoms with E-state index in [0.717, 1.165) is 24.0 Å². The molecule has 2 aliphatic rings. The van der Waals surface area contributed by atoms with Gasteiger partial charge in [0.05, 0.1) is 12.1 Å². The first kappa shape index (κ1) is 16.0. The number of fused-ring (bicyclic) bond motifs is 2. The normalized spacial score (nSPS) is 21.3. The number of carbonyl (C=O) groups is 1. The third kappa shape index (κ3) is 2.96. The lowest BCUT2D eigenvalue weighted by Crippen LogP contribution is -2.43. The minimum atomic E-state index is -1.03. The Morgan fingerprint density at radius 2 is 1.96 bits per heavy atom. The van der Waals surface area contributed by atoms with Gasteiger partial charge in [0.25, 0.3) is 5.91 Å². The number of aliphatic hydroxyl groups is 1. The zero-order valence-corrected chi connectivity index (χ0v) is 14.0. The number of benzene rings is 2. The smallest absolute Gasteiger partial charge is 0.255 e. The molecule has 1 unspecified atom stereocenters. The second kappa shape index (κ2) is 6.41. The number of hydrogen-bond acceptors (Lipinski definition) is 4. The highest BCUT2D eigenvalue weighted by Gasteiger charge is 2.34. The molecule has 1 atom stereocenters. The minimum absolute atomic E-state index is 0.174. The van der Waals surface area contributed by atoms with Crippen LogP contribution in [0.25, 0.3) is 0 Å². The van der Waals surface area contributed by atoms with Crippen LogP contribution in [0.3, 0.4) is 0 Å². The maximum atomic E-state index is 12.7. The molecular formula is C20H21NO4. The number of rotatable bonds is 3. The van der Waals surface area contributed by atoms with Gasteiger partial charge < -0.3 is 19.9 Å². The molecule has 4 rings (SSSR count). The van der Waals surface area contributed by atoms with E-state index >= 15 is 0 Å². The molecule has 0 aromatic heterocycles. The number of hydrogen-bond donors (Lipinski definition) is 2. The quantitative estimate of drug-likeness (QED) is 0.901. The largest absolute Gasteiger partial charge is 0.486 e. The fourth-order valence-corrected chi connectivity index (χ4v) is 3.66. The van der Waals surface area contributed by atoms with E-state index in [-0.39, 0.29) is 12.5 Å². The molecule has 130 valence electrons. The first-order chi connectivity index (χ1) is 12.2. The van der Waals surface area contributed by atoms with Crippen molar-refractivity contribution in [2.75, 3.05) is 19.8 Å². The maximum absolute atomic E-state index is 12.7. The lowest BCUT2D eigenvalue weighted by atomic mass is 9.79. The first-order valence-electron chi connectivity index (χ1n) is 8.65. The monoisotopic (exact) mass is 339 g/mol. The van der Waals surface area contributed by atoms with Gasteiger partial charge in [-0.3, -0.25) is 4.79 Å². The molecule has 5 heteroatoms. The molecule has 2 aromatic carbocycles. The molecule has 2 aromatic rings. The molecule has 0 fully saturated rings. The predicted octanol–water partition coefficient (Wildman–Crippen LogP) is 2.41. The average Bonchev–Trinajstić information content (AvgIpc) is 2.66. The van der Waals surface area contributed by atoms with Crippen LogP contribution in [-0.4, -0.2) is 30.8 Å². The number of amides is 1. The third-order valence-electron chi connectivity index (χ3n) is 4.91. The molecule has 0 spiro atoms. The van der Waals surface area contributed by atoms with Crippen molar-refractivity contribution < 1.29 is 19.4 Å². The van der Waals surface area contributed by atoms with Crippen molar-refractivity contribution in [3.8, 4) is 11.5 Å². The maximum Gasteiger partial charge on any atom is 0.255 e. The van der Waals surface area contributed by atoms with E-state index in [1.165, 1.54) is 0 Å². The lowest BCUT2D eigenvalue weighted by Gasteiger charge is -2.34. The van der Waals surface area contributed by atoms with E-state index < -0.39 is 5.60 Å². The molecule has 5 nitrogen and oxygen atoms in total. The van der Waals surface area contributed by atoms with Gasteiger partial charge in [-0.1, -0.05) is 30.3 Å². The van der Waals surface area contributed by atoms with E-state index in [1.807, 2.05) is 24.3 Å².